The van der Waals surface area contributed by atoms with E-state index in [1.807, 2.05) is 0 Å². The zero-order chi connectivity index (χ0) is 6.85. The summed E-state index contributed by atoms with van der Waals surface area (Å²) in [6, 6.07) is 0. The lowest BCUT2D eigenvalue weighted by Gasteiger charge is -2.11. The summed E-state index contributed by atoms with van der Waals surface area (Å²) in [6.07, 6.45) is 1.45. The molecule has 0 spiro atoms. The van der Waals surface area contributed by atoms with Crippen molar-refractivity contribution in [2.75, 3.05) is 5.75 Å². The van der Waals surface area contributed by atoms with Crippen LogP contribution in [0.25, 0.3) is 0 Å². The Morgan fingerprint density at radius 1 is 1.44 bits per heavy atom. The van der Waals surface area contributed by atoms with E-state index in [1.165, 1.54) is 12.2 Å². The van der Waals surface area contributed by atoms with Crippen molar-refractivity contribution in [2.45, 2.75) is 32.4 Å². The van der Waals surface area contributed by atoms with Gasteiger partial charge in [0.25, 0.3) is 0 Å². The van der Waals surface area contributed by atoms with E-state index >= 15 is 0 Å². The molecule has 0 amide bonds. The smallest absolute Gasteiger partial charge is 0.00218 e. The summed E-state index contributed by atoms with van der Waals surface area (Å²) in [5.74, 6) is 3.31. The molecule has 1 fully saturated rings. The molecule has 0 aromatic heterocycles. The molecule has 9 heavy (non-hydrogen) atoms. The third-order valence-electron chi connectivity index (χ3n) is 2.17. The lowest BCUT2D eigenvalue weighted by Crippen LogP contribution is -2.07. The minimum absolute atomic E-state index is 0.905. The quantitative estimate of drug-likeness (QED) is 0.545. The molecular formula is C8H16S. The average molecular weight is 144 g/mol. The highest BCUT2D eigenvalue weighted by Gasteiger charge is 2.23. The molecule has 1 aliphatic heterocycles. The molecule has 1 aliphatic rings. The summed E-state index contributed by atoms with van der Waals surface area (Å²) in [5, 5.41) is 0.928. The predicted octanol–water partition coefficient (Wildman–Crippen LogP) is 2.78. The first-order valence-corrected chi connectivity index (χ1v) is 4.86. The van der Waals surface area contributed by atoms with Crippen molar-refractivity contribution in [1.29, 1.82) is 0 Å². The lowest BCUT2D eigenvalue weighted by molar-refractivity contribution is 0.416. The van der Waals surface area contributed by atoms with Crippen molar-refractivity contribution in [3.05, 3.63) is 0 Å². The molecule has 0 N–H and O–H groups in total. The maximum Gasteiger partial charge on any atom is 0.00218 e. The first-order chi connectivity index (χ1) is 4.20. The van der Waals surface area contributed by atoms with Gasteiger partial charge in [0.1, 0.15) is 0 Å². The van der Waals surface area contributed by atoms with Gasteiger partial charge in [-0.3, -0.25) is 0 Å². The van der Waals surface area contributed by atoms with Gasteiger partial charge in [-0.05, 0) is 24.0 Å². The molecule has 0 saturated carbocycles. The minimum Gasteiger partial charge on any atom is -0.159 e. The average Bonchev–Trinajstić information content (AvgIpc) is 2.14. The molecule has 2 atom stereocenters. The molecule has 0 aromatic rings. The highest BCUT2D eigenvalue weighted by molar-refractivity contribution is 8.00. The fourth-order valence-electron chi connectivity index (χ4n) is 1.31. The summed E-state index contributed by atoms with van der Waals surface area (Å²) in [5.41, 5.74) is 0. The van der Waals surface area contributed by atoms with Crippen LogP contribution >= 0.6 is 11.8 Å². The van der Waals surface area contributed by atoms with E-state index in [0.29, 0.717) is 0 Å². The van der Waals surface area contributed by atoms with Crippen LogP contribution in [-0.4, -0.2) is 11.0 Å². The van der Waals surface area contributed by atoms with Crippen LogP contribution in [0.5, 0.6) is 0 Å². The third-order valence-corrected chi connectivity index (χ3v) is 3.55. The molecule has 0 aliphatic carbocycles. The Hall–Kier alpha value is 0.350. The fraction of sp³-hybridized carbons (Fsp3) is 1.00. The largest absolute Gasteiger partial charge is 0.159 e. The van der Waals surface area contributed by atoms with Crippen molar-refractivity contribution in [3.63, 3.8) is 0 Å². The van der Waals surface area contributed by atoms with Gasteiger partial charge in [-0.1, -0.05) is 20.8 Å². The molecule has 1 heteroatoms. The highest BCUT2D eigenvalue weighted by atomic mass is 32.2. The Bertz CT molecular complexity index is 88.6. The van der Waals surface area contributed by atoms with Crippen LogP contribution in [0.3, 0.4) is 0 Å². The molecule has 0 bridgehead atoms. The van der Waals surface area contributed by atoms with Crippen molar-refractivity contribution in [3.8, 4) is 0 Å². The molecular weight excluding hydrogens is 128 g/mol. The van der Waals surface area contributed by atoms with Gasteiger partial charge in [0.15, 0.2) is 0 Å². The summed E-state index contributed by atoms with van der Waals surface area (Å²) in [4.78, 5) is 0. The van der Waals surface area contributed by atoms with E-state index in [-0.39, 0.29) is 0 Å². The van der Waals surface area contributed by atoms with Crippen LogP contribution in [0.4, 0.5) is 0 Å². The standard InChI is InChI=1S/C8H16S/c1-6(2)8-4-7(3)9-5-8/h6-8H,4-5H2,1-3H3/t7-,8?/m1/s1. The minimum atomic E-state index is 0.905. The zero-order valence-electron chi connectivity index (χ0n) is 6.55. The number of hydrogen-bond acceptors (Lipinski definition) is 1. The monoisotopic (exact) mass is 144 g/mol. The van der Waals surface area contributed by atoms with Crippen LogP contribution in [0, 0.1) is 11.8 Å². The van der Waals surface area contributed by atoms with Gasteiger partial charge in [0.05, 0.1) is 0 Å². The second-order valence-corrected chi connectivity index (χ2v) is 4.86. The summed E-state index contributed by atoms with van der Waals surface area (Å²) in [7, 11) is 0. The first kappa shape index (κ1) is 7.46. The van der Waals surface area contributed by atoms with Crippen molar-refractivity contribution < 1.29 is 0 Å². The van der Waals surface area contributed by atoms with E-state index in [2.05, 4.69) is 32.5 Å². The third kappa shape index (κ3) is 1.89. The van der Waals surface area contributed by atoms with Gasteiger partial charge in [0, 0.05) is 5.25 Å². The SMILES string of the molecule is CC(C)C1CS[C@H](C)C1. The van der Waals surface area contributed by atoms with Crippen LogP contribution in [0.2, 0.25) is 0 Å². The van der Waals surface area contributed by atoms with E-state index in [4.69, 9.17) is 0 Å². The molecule has 54 valence electrons. The predicted molar refractivity (Wildman–Crippen MR) is 44.9 cm³/mol. The second-order valence-electron chi connectivity index (χ2n) is 3.38. The summed E-state index contributed by atoms with van der Waals surface area (Å²) in [6.45, 7) is 7.01. The van der Waals surface area contributed by atoms with Gasteiger partial charge in [-0.25, -0.2) is 0 Å². The van der Waals surface area contributed by atoms with Gasteiger partial charge in [-0.15, -0.1) is 0 Å². The number of hydrogen-bond donors (Lipinski definition) is 0. The molecule has 1 saturated heterocycles. The topological polar surface area (TPSA) is 0 Å². The highest BCUT2D eigenvalue weighted by Crippen LogP contribution is 2.34. The van der Waals surface area contributed by atoms with Gasteiger partial charge in [0.2, 0.25) is 0 Å². The van der Waals surface area contributed by atoms with Crippen LogP contribution in [0.15, 0.2) is 0 Å². The Morgan fingerprint density at radius 2 is 2.11 bits per heavy atom. The van der Waals surface area contributed by atoms with Crippen LogP contribution < -0.4 is 0 Å². The van der Waals surface area contributed by atoms with Gasteiger partial charge < -0.3 is 0 Å². The fourth-order valence-corrected chi connectivity index (χ4v) is 2.79. The first-order valence-electron chi connectivity index (χ1n) is 3.81. The van der Waals surface area contributed by atoms with Crippen LogP contribution in [0.1, 0.15) is 27.2 Å². The Kier molecular flexibility index (Phi) is 2.45. The van der Waals surface area contributed by atoms with Crippen molar-refractivity contribution >= 4 is 11.8 Å². The van der Waals surface area contributed by atoms with Crippen LogP contribution in [-0.2, 0) is 0 Å². The van der Waals surface area contributed by atoms with E-state index in [9.17, 15) is 0 Å². The summed E-state index contributed by atoms with van der Waals surface area (Å²) >= 11 is 2.13. The zero-order valence-corrected chi connectivity index (χ0v) is 7.37. The van der Waals surface area contributed by atoms with Crippen molar-refractivity contribution in [2.24, 2.45) is 11.8 Å². The van der Waals surface area contributed by atoms with Gasteiger partial charge >= 0.3 is 0 Å². The molecule has 1 unspecified atom stereocenters. The Morgan fingerprint density at radius 3 is 2.33 bits per heavy atom. The second kappa shape index (κ2) is 2.96. The van der Waals surface area contributed by atoms with Gasteiger partial charge in [-0.2, -0.15) is 11.8 Å². The van der Waals surface area contributed by atoms with E-state index in [0.717, 1.165) is 17.1 Å². The summed E-state index contributed by atoms with van der Waals surface area (Å²) < 4.78 is 0. The molecule has 1 rings (SSSR count). The number of thioether (sulfide) groups is 1. The molecule has 0 nitrogen and oxygen atoms in total. The lowest BCUT2D eigenvalue weighted by atomic mass is 9.94. The Balaban J connectivity index is 2.30. The molecule has 0 aromatic carbocycles. The van der Waals surface area contributed by atoms with E-state index < -0.39 is 0 Å². The molecule has 0 radical (unpaired) electrons. The number of rotatable bonds is 1. The van der Waals surface area contributed by atoms with E-state index in [1.54, 1.807) is 0 Å². The normalized spacial score (nSPS) is 36.0. The molecule has 1 heterocycles. The Labute approximate surface area is 62.4 Å². The maximum atomic E-state index is 2.34. The van der Waals surface area contributed by atoms with Crippen molar-refractivity contribution in [1.82, 2.24) is 0 Å². The maximum absolute atomic E-state index is 2.34.